The molecule has 90 valence electrons. The van der Waals surface area contributed by atoms with E-state index >= 15 is 0 Å². The topological polar surface area (TPSA) is 15.3 Å². The number of unbranched alkanes of at least 4 members (excludes halogenated alkanes) is 1. The van der Waals surface area contributed by atoms with Gasteiger partial charge in [-0.15, -0.1) is 0 Å². The maximum absolute atomic E-state index is 3.46. The first-order chi connectivity index (χ1) is 7.74. The van der Waals surface area contributed by atoms with E-state index in [9.17, 15) is 0 Å². The third kappa shape index (κ3) is 4.79. The van der Waals surface area contributed by atoms with E-state index < -0.39 is 0 Å². The van der Waals surface area contributed by atoms with Crippen LogP contribution in [0.1, 0.15) is 12.8 Å². The summed E-state index contributed by atoms with van der Waals surface area (Å²) in [6.07, 6.45) is 4.70. The lowest BCUT2D eigenvalue weighted by atomic mass is 10.2. The molecule has 0 spiro atoms. The van der Waals surface area contributed by atoms with Crippen molar-refractivity contribution in [1.29, 1.82) is 0 Å². The molecule has 0 aliphatic rings. The van der Waals surface area contributed by atoms with E-state index in [2.05, 4.69) is 54.8 Å². The Hall–Kier alpha value is -0.830. The molecule has 0 aliphatic heterocycles. The number of anilines is 2. The molecule has 16 heavy (non-hydrogen) atoms. The largest absolute Gasteiger partial charge is 0.385 e. The summed E-state index contributed by atoms with van der Waals surface area (Å²) >= 11 is 1.92. The molecule has 2 nitrogen and oxygen atoms in total. The van der Waals surface area contributed by atoms with Crippen LogP contribution in [0.5, 0.6) is 0 Å². The highest BCUT2D eigenvalue weighted by Gasteiger charge is 1.96. The molecule has 0 heterocycles. The highest BCUT2D eigenvalue weighted by Crippen LogP contribution is 2.17. The van der Waals surface area contributed by atoms with Gasteiger partial charge in [-0.3, -0.25) is 0 Å². The Morgan fingerprint density at radius 3 is 2.75 bits per heavy atom. The van der Waals surface area contributed by atoms with Crippen LogP contribution in [0.25, 0.3) is 0 Å². The maximum atomic E-state index is 3.46. The smallest absolute Gasteiger partial charge is 0.0381 e. The standard InChI is InChI=1S/C13H22N2S/c1-15(2)13-8-6-7-12(11-13)14-9-4-5-10-16-3/h6-8,11,14H,4-5,9-10H2,1-3H3. The summed E-state index contributed by atoms with van der Waals surface area (Å²) in [7, 11) is 4.13. The van der Waals surface area contributed by atoms with E-state index in [1.165, 1.54) is 30.0 Å². The molecule has 1 rings (SSSR count). The van der Waals surface area contributed by atoms with E-state index in [-0.39, 0.29) is 0 Å². The number of nitrogens with one attached hydrogen (secondary N) is 1. The second-order valence-electron chi connectivity index (χ2n) is 4.07. The molecule has 0 fully saturated rings. The Morgan fingerprint density at radius 1 is 1.25 bits per heavy atom. The lowest BCUT2D eigenvalue weighted by Gasteiger charge is -2.14. The minimum atomic E-state index is 1.07. The predicted octanol–water partition coefficient (Wildman–Crippen LogP) is 3.31. The first-order valence-electron chi connectivity index (χ1n) is 5.74. The van der Waals surface area contributed by atoms with Crippen LogP contribution in [0.2, 0.25) is 0 Å². The summed E-state index contributed by atoms with van der Waals surface area (Å²) in [5.74, 6) is 1.26. The van der Waals surface area contributed by atoms with Crippen molar-refractivity contribution in [3.8, 4) is 0 Å². The van der Waals surface area contributed by atoms with E-state index in [4.69, 9.17) is 0 Å². The van der Waals surface area contributed by atoms with Crippen molar-refractivity contribution in [3.05, 3.63) is 24.3 Å². The monoisotopic (exact) mass is 238 g/mol. The van der Waals surface area contributed by atoms with Gasteiger partial charge >= 0.3 is 0 Å². The zero-order valence-electron chi connectivity index (χ0n) is 10.5. The molecule has 0 aliphatic carbocycles. The number of nitrogens with zero attached hydrogens (tertiary/aromatic N) is 1. The molecule has 0 saturated carbocycles. The number of hydrogen-bond donors (Lipinski definition) is 1. The Balaban J connectivity index is 2.33. The van der Waals surface area contributed by atoms with Crippen LogP contribution in [0, 0.1) is 0 Å². The fourth-order valence-electron chi connectivity index (χ4n) is 1.50. The summed E-state index contributed by atoms with van der Waals surface area (Å²) in [5.41, 5.74) is 2.46. The van der Waals surface area contributed by atoms with Gasteiger partial charge in [-0.05, 0) is 43.0 Å². The molecule has 1 N–H and O–H groups in total. The van der Waals surface area contributed by atoms with Gasteiger partial charge in [0.1, 0.15) is 0 Å². The fourth-order valence-corrected chi connectivity index (χ4v) is 1.99. The number of benzene rings is 1. The van der Waals surface area contributed by atoms with Crippen molar-refractivity contribution in [2.45, 2.75) is 12.8 Å². The minimum Gasteiger partial charge on any atom is -0.385 e. The van der Waals surface area contributed by atoms with E-state index in [1.54, 1.807) is 0 Å². The van der Waals surface area contributed by atoms with Gasteiger partial charge in [-0.1, -0.05) is 6.07 Å². The first-order valence-corrected chi connectivity index (χ1v) is 7.13. The van der Waals surface area contributed by atoms with Crippen molar-refractivity contribution < 1.29 is 0 Å². The van der Waals surface area contributed by atoms with Crippen molar-refractivity contribution in [2.24, 2.45) is 0 Å². The third-order valence-electron chi connectivity index (χ3n) is 2.47. The molecule has 0 aromatic heterocycles. The van der Waals surface area contributed by atoms with Crippen LogP contribution in [0.3, 0.4) is 0 Å². The molecule has 0 bridgehead atoms. The number of thioether (sulfide) groups is 1. The summed E-state index contributed by atoms with van der Waals surface area (Å²) in [6.45, 7) is 1.07. The van der Waals surface area contributed by atoms with Gasteiger partial charge in [-0.2, -0.15) is 11.8 Å². The van der Waals surface area contributed by atoms with E-state index in [0.29, 0.717) is 0 Å². The number of rotatable bonds is 7. The summed E-state index contributed by atoms with van der Waals surface area (Å²) in [6, 6.07) is 8.54. The SMILES string of the molecule is CSCCCCNc1cccc(N(C)C)c1. The lowest BCUT2D eigenvalue weighted by Crippen LogP contribution is -2.09. The summed E-state index contributed by atoms with van der Waals surface area (Å²) in [4.78, 5) is 2.12. The molecule has 3 heteroatoms. The normalized spacial score (nSPS) is 10.2. The van der Waals surface area contributed by atoms with Crippen LogP contribution >= 0.6 is 11.8 Å². The quantitative estimate of drug-likeness (QED) is 0.734. The van der Waals surface area contributed by atoms with Crippen LogP contribution in [-0.2, 0) is 0 Å². The summed E-state index contributed by atoms with van der Waals surface area (Å²) < 4.78 is 0. The molecule has 0 atom stereocenters. The Morgan fingerprint density at radius 2 is 2.06 bits per heavy atom. The zero-order valence-corrected chi connectivity index (χ0v) is 11.3. The molecule has 1 aromatic rings. The zero-order chi connectivity index (χ0) is 11.8. The molecule has 0 unspecified atom stereocenters. The van der Waals surface area contributed by atoms with Crippen LogP contribution in [0.15, 0.2) is 24.3 Å². The van der Waals surface area contributed by atoms with Gasteiger partial charge in [-0.25, -0.2) is 0 Å². The minimum absolute atomic E-state index is 1.07. The third-order valence-corrected chi connectivity index (χ3v) is 3.16. The fraction of sp³-hybridized carbons (Fsp3) is 0.538. The second kappa shape index (κ2) is 7.44. The average molecular weight is 238 g/mol. The van der Waals surface area contributed by atoms with Gasteiger partial charge in [0.25, 0.3) is 0 Å². The average Bonchev–Trinajstić information content (AvgIpc) is 2.29. The van der Waals surface area contributed by atoms with Crippen molar-refractivity contribution >= 4 is 23.1 Å². The van der Waals surface area contributed by atoms with Gasteiger partial charge in [0, 0.05) is 32.0 Å². The maximum Gasteiger partial charge on any atom is 0.0381 e. The molecule has 0 radical (unpaired) electrons. The number of hydrogen-bond acceptors (Lipinski definition) is 3. The van der Waals surface area contributed by atoms with Crippen molar-refractivity contribution in [1.82, 2.24) is 0 Å². The van der Waals surface area contributed by atoms with Gasteiger partial charge < -0.3 is 10.2 Å². The first kappa shape index (κ1) is 13.2. The van der Waals surface area contributed by atoms with E-state index in [0.717, 1.165) is 6.54 Å². The van der Waals surface area contributed by atoms with Crippen LogP contribution in [0.4, 0.5) is 11.4 Å². The Bertz CT molecular complexity index is 300. The molecule has 0 amide bonds. The van der Waals surface area contributed by atoms with Crippen molar-refractivity contribution in [2.75, 3.05) is 42.9 Å². The molecule has 0 saturated heterocycles. The molecule has 1 aromatic carbocycles. The van der Waals surface area contributed by atoms with Crippen LogP contribution in [-0.4, -0.2) is 32.6 Å². The summed E-state index contributed by atoms with van der Waals surface area (Å²) in [5, 5.41) is 3.46. The predicted molar refractivity (Wildman–Crippen MR) is 76.9 cm³/mol. The highest BCUT2D eigenvalue weighted by molar-refractivity contribution is 7.98. The van der Waals surface area contributed by atoms with Crippen molar-refractivity contribution in [3.63, 3.8) is 0 Å². The molecular formula is C13H22N2S. The van der Waals surface area contributed by atoms with Gasteiger partial charge in [0.2, 0.25) is 0 Å². The highest BCUT2D eigenvalue weighted by atomic mass is 32.2. The molecular weight excluding hydrogens is 216 g/mol. The second-order valence-corrected chi connectivity index (χ2v) is 5.06. The Kier molecular flexibility index (Phi) is 6.16. The van der Waals surface area contributed by atoms with E-state index in [1.807, 2.05) is 11.8 Å². The van der Waals surface area contributed by atoms with Crippen LogP contribution < -0.4 is 10.2 Å². The van der Waals surface area contributed by atoms with Gasteiger partial charge in [0.15, 0.2) is 0 Å². The van der Waals surface area contributed by atoms with Gasteiger partial charge in [0.05, 0.1) is 0 Å². The lowest BCUT2D eigenvalue weighted by molar-refractivity contribution is 0.843. The Labute approximate surface area is 103 Å².